The van der Waals surface area contributed by atoms with Gasteiger partial charge in [0.1, 0.15) is 0 Å². The van der Waals surface area contributed by atoms with Crippen LogP contribution in [-0.2, 0) is 6.54 Å². The summed E-state index contributed by atoms with van der Waals surface area (Å²) in [5, 5.41) is 1.23. The van der Waals surface area contributed by atoms with E-state index < -0.39 is 0 Å². The molecule has 2 heterocycles. The molecule has 0 saturated carbocycles. The van der Waals surface area contributed by atoms with Crippen molar-refractivity contribution in [3.63, 3.8) is 0 Å². The lowest BCUT2D eigenvalue weighted by molar-refractivity contribution is 0.102. The first-order chi connectivity index (χ1) is 13.3. The van der Waals surface area contributed by atoms with E-state index in [0.29, 0.717) is 28.6 Å². The number of aryl methyl sites for hydroxylation is 1. The largest absolute Gasteiger partial charge is 0.346 e. The fourth-order valence-electron chi connectivity index (χ4n) is 3.74. The molecule has 0 unspecified atom stereocenters. The first-order valence-corrected chi connectivity index (χ1v) is 10.7. The van der Waals surface area contributed by atoms with Gasteiger partial charge in [0.2, 0.25) is 0 Å². The molecule has 0 radical (unpaired) electrons. The second-order valence-electron chi connectivity index (χ2n) is 7.33. The predicted molar refractivity (Wildman–Crippen MR) is 116 cm³/mol. The molecular formula is C22H27N3O2S. The number of hydrogen-bond donors (Lipinski definition) is 0. The first-order valence-electron chi connectivity index (χ1n) is 9.69. The van der Waals surface area contributed by atoms with Gasteiger partial charge in [-0.2, -0.15) is 0 Å². The Kier molecular flexibility index (Phi) is 6.08. The van der Waals surface area contributed by atoms with E-state index in [0.717, 1.165) is 23.4 Å². The van der Waals surface area contributed by atoms with Gasteiger partial charge < -0.3 is 4.57 Å². The van der Waals surface area contributed by atoms with E-state index in [2.05, 4.69) is 23.4 Å². The Hall–Kier alpha value is -2.34. The molecule has 0 fully saturated rings. The van der Waals surface area contributed by atoms with Gasteiger partial charge in [0.25, 0.3) is 5.56 Å². The van der Waals surface area contributed by atoms with Crippen molar-refractivity contribution in [1.82, 2.24) is 14.1 Å². The van der Waals surface area contributed by atoms with Crippen LogP contribution in [0.3, 0.4) is 0 Å². The standard InChI is InChI=1S/C22H27N3O2S/c1-6-11-24-21(27)17-9-7-8-10-19(17)23-22(24)28-13-20(26)18-12-15(4)25(14(2)3)16(18)5/h7-10,12,14H,6,11,13H2,1-5H3. The van der Waals surface area contributed by atoms with Crippen molar-refractivity contribution in [3.8, 4) is 0 Å². The summed E-state index contributed by atoms with van der Waals surface area (Å²) >= 11 is 1.34. The van der Waals surface area contributed by atoms with Crippen LogP contribution in [0.5, 0.6) is 0 Å². The van der Waals surface area contributed by atoms with Crippen molar-refractivity contribution in [1.29, 1.82) is 0 Å². The molecule has 3 aromatic rings. The third-order valence-corrected chi connectivity index (χ3v) is 5.88. The average Bonchev–Trinajstić information content (AvgIpc) is 2.97. The monoisotopic (exact) mass is 397 g/mol. The van der Waals surface area contributed by atoms with E-state index in [1.54, 1.807) is 10.6 Å². The van der Waals surface area contributed by atoms with Crippen molar-refractivity contribution in [2.24, 2.45) is 0 Å². The van der Waals surface area contributed by atoms with Gasteiger partial charge >= 0.3 is 0 Å². The highest BCUT2D eigenvalue weighted by molar-refractivity contribution is 7.99. The van der Waals surface area contributed by atoms with E-state index in [1.807, 2.05) is 45.0 Å². The van der Waals surface area contributed by atoms with Gasteiger partial charge in [0.05, 0.1) is 16.7 Å². The lowest BCUT2D eigenvalue weighted by atomic mass is 10.2. The number of carbonyl (C=O) groups excluding carboxylic acids is 1. The molecule has 3 rings (SSSR count). The highest BCUT2D eigenvalue weighted by Gasteiger charge is 2.19. The van der Waals surface area contributed by atoms with E-state index in [4.69, 9.17) is 0 Å². The summed E-state index contributed by atoms with van der Waals surface area (Å²) in [5.74, 6) is 0.326. The van der Waals surface area contributed by atoms with E-state index in [1.165, 1.54) is 11.8 Å². The van der Waals surface area contributed by atoms with Gasteiger partial charge in [-0.3, -0.25) is 14.2 Å². The van der Waals surface area contributed by atoms with Crippen LogP contribution in [0.4, 0.5) is 0 Å². The van der Waals surface area contributed by atoms with Crippen LogP contribution in [0.25, 0.3) is 10.9 Å². The van der Waals surface area contributed by atoms with Crippen LogP contribution in [0.1, 0.15) is 55.0 Å². The molecule has 0 saturated heterocycles. The van der Waals surface area contributed by atoms with E-state index in [-0.39, 0.29) is 17.1 Å². The normalized spacial score (nSPS) is 11.5. The molecule has 28 heavy (non-hydrogen) atoms. The number of nitrogens with zero attached hydrogens (tertiary/aromatic N) is 3. The molecule has 0 amide bonds. The molecule has 0 aliphatic rings. The molecule has 0 spiro atoms. The number of thioether (sulfide) groups is 1. The molecule has 148 valence electrons. The zero-order valence-corrected chi connectivity index (χ0v) is 18.0. The summed E-state index contributed by atoms with van der Waals surface area (Å²) in [4.78, 5) is 30.4. The zero-order chi connectivity index (χ0) is 20.4. The van der Waals surface area contributed by atoms with Crippen molar-refractivity contribution in [2.45, 2.75) is 58.8 Å². The molecule has 0 aliphatic carbocycles. The van der Waals surface area contributed by atoms with Crippen LogP contribution < -0.4 is 5.56 Å². The summed E-state index contributed by atoms with van der Waals surface area (Å²) in [7, 11) is 0. The Morgan fingerprint density at radius 1 is 1.21 bits per heavy atom. The maximum atomic E-state index is 12.9. The third kappa shape index (κ3) is 3.78. The molecule has 0 N–H and O–H groups in total. The SMILES string of the molecule is CCCn1c(SCC(=O)c2cc(C)n(C(C)C)c2C)nc2ccccc2c1=O. The van der Waals surface area contributed by atoms with Crippen LogP contribution in [0, 0.1) is 13.8 Å². The smallest absolute Gasteiger partial charge is 0.262 e. The van der Waals surface area contributed by atoms with Crippen molar-refractivity contribution < 1.29 is 4.79 Å². The Labute approximate surface area is 169 Å². The van der Waals surface area contributed by atoms with Crippen molar-refractivity contribution >= 4 is 28.4 Å². The summed E-state index contributed by atoms with van der Waals surface area (Å²) in [6.07, 6.45) is 0.830. The topological polar surface area (TPSA) is 56.9 Å². The Balaban J connectivity index is 1.91. The van der Waals surface area contributed by atoms with Gasteiger partial charge in [0, 0.05) is 29.5 Å². The number of aromatic nitrogens is 3. The van der Waals surface area contributed by atoms with Crippen LogP contribution >= 0.6 is 11.8 Å². The van der Waals surface area contributed by atoms with Gasteiger partial charge in [-0.05, 0) is 52.3 Å². The maximum absolute atomic E-state index is 12.9. The third-order valence-electron chi connectivity index (χ3n) is 4.91. The van der Waals surface area contributed by atoms with E-state index in [9.17, 15) is 9.59 Å². The predicted octanol–water partition coefficient (Wildman–Crippen LogP) is 4.78. The summed E-state index contributed by atoms with van der Waals surface area (Å²) in [6.45, 7) is 10.9. The van der Waals surface area contributed by atoms with Crippen molar-refractivity contribution in [2.75, 3.05) is 5.75 Å². The molecule has 0 bridgehead atoms. The summed E-state index contributed by atoms with van der Waals surface area (Å²) < 4.78 is 3.87. The quantitative estimate of drug-likeness (QED) is 0.327. The first kappa shape index (κ1) is 20.4. The molecule has 0 aliphatic heterocycles. The summed E-state index contributed by atoms with van der Waals surface area (Å²) in [6, 6.07) is 9.64. The lowest BCUT2D eigenvalue weighted by Crippen LogP contribution is -2.23. The molecule has 6 heteroatoms. The molecule has 5 nitrogen and oxygen atoms in total. The average molecular weight is 398 g/mol. The van der Waals surface area contributed by atoms with Gasteiger partial charge in [-0.15, -0.1) is 0 Å². The lowest BCUT2D eigenvalue weighted by Gasteiger charge is -2.14. The maximum Gasteiger partial charge on any atom is 0.262 e. The Bertz CT molecular complexity index is 1080. The minimum atomic E-state index is -0.0413. The summed E-state index contributed by atoms with van der Waals surface area (Å²) in [5.41, 5.74) is 3.47. The van der Waals surface area contributed by atoms with E-state index >= 15 is 0 Å². The number of carbonyl (C=O) groups is 1. The van der Waals surface area contributed by atoms with Gasteiger partial charge in [-0.1, -0.05) is 30.8 Å². The Morgan fingerprint density at radius 2 is 1.93 bits per heavy atom. The number of rotatable bonds is 7. The number of hydrogen-bond acceptors (Lipinski definition) is 4. The second-order valence-corrected chi connectivity index (χ2v) is 8.27. The fourth-order valence-corrected chi connectivity index (χ4v) is 4.65. The minimum absolute atomic E-state index is 0.0413. The number of fused-ring (bicyclic) bond motifs is 1. The molecule has 0 atom stereocenters. The fraction of sp³-hybridized carbons (Fsp3) is 0.409. The van der Waals surface area contributed by atoms with Crippen molar-refractivity contribution in [3.05, 3.63) is 57.6 Å². The van der Waals surface area contributed by atoms with Crippen LogP contribution in [0.15, 0.2) is 40.3 Å². The zero-order valence-electron chi connectivity index (χ0n) is 17.2. The highest BCUT2D eigenvalue weighted by Crippen LogP contribution is 2.24. The molecular weight excluding hydrogens is 370 g/mol. The second kappa shape index (κ2) is 8.35. The molecule has 2 aromatic heterocycles. The van der Waals surface area contributed by atoms with Crippen LogP contribution in [-0.4, -0.2) is 25.7 Å². The minimum Gasteiger partial charge on any atom is -0.346 e. The highest BCUT2D eigenvalue weighted by atomic mass is 32.2. The van der Waals surface area contributed by atoms with Gasteiger partial charge in [-0.25, -0.2) is 4.98 Å². The van der Waals surface area contributed by atoms with Gasteiger partial charge in [0.15, 0.2) is 10.9 Å². The number of benzene rings is 1. The Morgan fingerprint density at radius 3 is 2.57 bits per heavy atom. The number of ketones is 1. The van der Waals surface area contributed by atoms with Crippen LogP contribution in [0.2, 0.25) is 0 Å². The molecule has 1 aromatic carbocycles. The number of para-hydroxylation sites is 1. The number of Topliss-reactive ketones (excluding diaryl/α,β-unsaturated/α-hetero) is 1.